The van der Waals surface area contributed by atoms with Crippen LogP contribution in [0.2, 0.25) is 0 Å². The SMILES string of the molecule is CCn1cc(Br)cc1C(=O)N(C)c1ccc(C)cc1. The van der Waals surface area contributed by atoms with Gasteiger partial charge in [0, 0.05) is 29.9 Å². The van der Waals surface area contributed by atoms with Gasteiger partial charge in [0.2, 0.25) is 0 Å². The summed E-state index contributed by atoms with van der Waals surface area (Å²) in [6.07, 6.45) is 1.93. The number of nitrogens with zero attached hydrogens (tertiary/aromatic N) is 2. The molecule has 0 spiro atoms. The van der Waals surface area contributed by atoms with Gasteiger partial charge in [0.15, 0.2) is 0 Å². The van der Waals surface area contributed by atoms with Gasteiger partial charge in [-0.15, -0.1) is 0 Å². The summed E-state index contributed by atoms with van der Waals surface area (Å²) in [4.78, 5) is 14.2. The van der Waals surface area contributed by atoms with E-state index in [4.69, 9.17) is 0 Å². The number of benzene rings is 1. The molecular weight excluding hydrogens is 304 g/mol. The Labute approximate surface area is 122 Å². The van der Waals surface area contributed by atoms with Crippen molar-refractivity contribution in [2.45, 2.75) is 20.4 Å². The van der Waals surface area contributed by atoms with E-state index < -0.39 is 0 Å². The summed E-state index contributed by atoms with van der Waals surface area (Å²) < 4.78 is 2.87. The first-order valence-electron chi connectivity index (χ1n) is 6.23. The molecule has 1 aromatic carbocycles. The minimum Gasteiger partial charge on any atom is -0.343 e. The number of aryl methyl sites for hydroxylation is 2. The van der Waals surface area contributed by atoms with E-state index in [1.54, 1.807) is 11.9 Å². The average molecular weight is 321 g/mol. The van der Waals surface area contributed by atoms with E-state index in [1.165, 1.54) is 5.56 Å². The van der Waals surface area contributed by atoms with Crippen LogP contribution >= 0.6 is 15.9 Å². The number of hydrogen-bond acceptors (Lipinski definition) is 1. The average Bonchev–Trinajstić information content (AvgIpc) is 2.79. The minimum atomic E-state index is -0.00333. The zero-order valence-electron chi connectivity index (χ0n) is 11.4. The van der Waals surface area contributed by atoms with E-state index in [0.29, 0.717) is 5.69 Å². The monoisotopic (exact) mass is 320 g/mol. The van der Waals surface area contributed by atoms with Crippen LogP contribution in [-0.4, -0.2) is 17.5 Å². The van der Waals surface area contributed by atoms with Crippen molar-refractivity contribution in [3.63, 3.8) is 0 Å². The zero-order valence-corrected chi connectivity index (χ0v) is 12.9. The predicted octanol–water partition coefficient (Wildman–Crippen LogP) is 3.86. The lowest BCUT2D eigenvalue weighted by molar-refractivity contribution is 0.0984. The van der Waals surface area contributed by atoms with Crippen molar-refractivity contribution >= 4 is 27.5 Å². The Kier molecular flexibility index (Phi) is 4.10. The van der Waals surface area contributed by atoms with Gasteiger partial charge >= 0.3 is 0 Å². The van der Waals surface area contributed by atoms with E-state index in [1.807, 2.05) is 54.9 Å². The molecule has 3 nitrogen and oxygen atoms in total. The molecule has 0 radical (unpaired) electrons. The van der Waals surface area contributed by atoms with Crippen LogP contribution in [0.4, 0.5) is 5.69 Å². The third-order valence-electron chi connectivity index (χ3n) is 3.15. The van der Waals surface area contributed by atoms with Gasteiger partial charge in [-0.05, 0) is 48.0 Å². The summed E-state index contributed by atoms with van der Waals surface area (Å²) in [7, 11) is 1.80. The van der Waals surface area contributed by atoms with Gasteiger partial charge in [-0.1, -0.05) is 17.7 Å². The number of hydrogen-bond donors (Lipinski definition) is 0. The van der Waals surface area contributed by atoms with Crippen LogP contribution in [0, 0.1) is 6.92 Å². The highest BCUT2D eigenvalue weighted by molar-refractivity contribution is 9.10. The minimum absolute atomic E-state index is 0.00333. The number of carbonyl (C=O) groups is 1. The number of aromatic nitrogens is 1. The van der Waals surface area contributed by atoms with Crippen molar-refractivity contribution in [3.8, 4) is 0 Å². The maximum absolute atomic E-state index is 12.5. The molecule has 0 fully saturated rings. The van der Waals surface area contributed by atoms with Crippen LogP contribution in [0.5, 0.6) is 0 Å². The largest absolute Gasteiger partial charge is 0.343 e. The second kappa shape index (κ2) is 5.61. The molecule has 1 heterocycles. The molecule has 100 valence electrons. The van der Waals surface area contributed by atoms with Gasteiger partial charge in [0.25, 0.3) is 5.91 Å². The quantitative estimate of drug-likeness (QED) is 0.843. The summed E-state index contributed by atoms with van der Waals surface area (Å²) in [6, 6.07) is 9.79. The van der Waals surface area contributed by atoms with Gasteiger partial charge < -0.3 is 9.47 Å². The van der Waals surface area contributed by atoms with Crippen molar-refractivity contribution in [1.82, 2.24) is 4.57 Å². The zero-order chi connectivity index (χ0) is 14.0. The fraction of sp³-hybridized carbons (Fsp3) is 0.267. The molecule has 1 aromatic heterocycles. The van der Waals surface area contributed by atoms with Crippen LogP contribution in [0.3, 0.4) is 0 Å². The molecule has 0 saturated heterocycles. The third kappa shape index (κ3) is 2.89. The van der Waals surface area contributed by atoms with Crippen LogP contribution in [0.1, 0.15) is 23.0 Å². The summed E-state index contributed by atoms with van der Waals surface area (Å²) in [5.41, 5.74) is 2.78. The first-order valence-corrected chi connectivity index (χ1v) is 7.02. The van der Waals surface area contributed by atoms with E-state index >= 15 is 0 Å². The molecule has 0 saturated carbocycles. The Balaban J connectivity index is 2.30. The molecule has 4 heteroatoms. The topological polar surface area (TPSA) is 25.2 Å². The summed E-state index contributed by atoms with van der Waals surface area (Å²) in [6.45, 7) is 4.83. The predicted molar refractivity (Wildman–Crippen MR) is 81.7 cm³/mol. The van der Waals surface area contributed by atoms with E-state index in [2.05, 4.69) is 15.9 Å². The first kappa shape index (κ1) is 13.9. The normalized spacial score (nSPS) is 10.5. The van der Waals surface area contributed by atoms with Gasteiger partial charge in [-0.25, -0.2) is 0 Å². The molecule has 0 aliphatic rings. The van der Waals surface area contributed by atoms with Crippen LogP contribution in [0.15, 0.2) is 41.0 Å². The summed E-state index contributed by atoms with van der Waals surface area (Å²) in [5.74, 6) is -0.00333. The van der Waals surface area contributed by atoms with E-state index in [9.17, 15) is 4.79 Å². The summed E-state index contributed by atoms with van der Waals surface area (Å²) >= 11 is 3.42. The standard InChI is InChI=1S/C15H17BrN2O/c1-4-18-10-12(16)9-14(18)15(19)17(3)13-7-5-11(2)6-8-13/h5-10H,4H2,1-3H3. The van der Waals surface area contributed by atoms with Crippen molar-refractivity contribution in [3.05, 3.63) is 52.3 Å². The Morgan fingerprint density at radius 2 is 1.95 bits per heavy atom. The fourth-order valence-electron chi connectivity index (χ4n) is 1.97. The fourth-order valence-corrected chi connectivity index (χ4v) is 2.44. The Morgan fingerprint density at radius 3 is 2.53 bits per heavy atom. The molecular formula is C15H17BrN2O. The van der Waals surface area contributed by atoms with Crippen molar-refractivity contribution in [2.24, 2.45) is 0 Å². The molecule has 0 aliphatic carbocycles. The highest BCUT2D eigenvalue weighted by Crippen LogP contribution is 2.20. The Hall–Kier alpha value is -1.55. The van der Waals surface area contributed by atoms with E-state index in [-0.39, 0.29) is 5.91 Å². The number of amides is 1. The van der Waals surface area contributed by atoms with Gasteiger partial charge in [0.1, 0.15) is 5.69 Å². The molecule has 2 aromatic rings. The maximum Gasteiger partial charge on any atom is 0.274 e. The Morgan fingerprint density at radius 1 is 1.32 bits per heavy atom. The van der Waals surface area contributed by atoms with Crippen LogP contribution in [0.25, 0.3) is 0 Å². The smallest absolute Gasteiger partial charge is 0.274 e. The van der Waals surface area contributed by atoms with Crippen molar-refractivity contribution in [1.29, 1.82) is 0 Å². The van der Waals surface area contributed by atoms with Crippen molar-refractivity contribution in [2.75, 3.05) is 11.9 Å². The lowest BCUT2D eigenvalue weighted by Gasteiger charge is -2.18. The van der Waals surface area contributed by atoms with Gasteiger partial charge in [0.05, 0.1) is 0 Å². The molecule has 0 atom stereocenters. The first-order chi connectivity index (χ1) is 9.02. The molecule has 0 unspecified atom stereocenters. The lowest BCUT2D eigenvalue weighted by atomic mass is 10.2. The number of halogens is 1. The second-order valence-corrected chi connectivity index (χ2v) is 5.44. The van der Waals surface area contributed by atoms with Crippen LogP contribution in [-0.2, 0) is 6.54 Å². The molecule has 19 heavy (non-hydrogen) atoms. The molecule has 1 amide bonds. The number of carbonyl (C=O) groups excluding carboxylic acids is 1. The number of rotatable bonds is 3. The van der Waals surface area contributed by atoms with Gasteiger partial charge in [-0.3, -0.25) is 4.79 Å². The second-order valence-electron chi connectivity index (χ2n) is 4.53. The van der Waals surface area contributed by atoms with Crippen LogP contribution < -0.4 is 4.90 Å². The highest BCUT2D eigenvalue weighted by atomic mass is 79.9. The third-order valence-corrected chi connectivity index (χ3v) is 3.58. The molecule has 0 bridgehead atoms. The Bertz CT molecular complexity index is 587. The number of anilines is 1. The highest BCUT2D eigenvalue weighted by Gasteiger charge is 2.17. The van der Waals surface area contributed by atoms with Gasteiger partial charge in [-0.2, -0.15) is 0 Å². The van der Waals surface area contributed by atoms with Crippen molar-refractivity contribution < 1.29 is 4.79 Å². The van der Waals surface area contributed by atoms with E-state index in [0.717, 1.165) is 16.7 Å². The molecule has 0 aliphatic heterocycles. The lowest BCUT2D eigenvalue weighted by Crippen LogP contribution is -2.28. The maximum atomic E-state index is 12.5. The molecule has 2 rings (SSSR count). The molecule has 0 N–H and O–H groups in total. The summed E-state index contributed by atoms with van der Waals surface area (Å²) in [5, 5.41) is 0.